The Morgan fingerprint density at radius 2 is 1.52 bits per heavy atom. The number of carbonyl (C=O) groups is 2. The Balaban J connectivity index is 2.09. The molecule has 2 amide bonds. The molecule has 0 fully saturated rings. The highest BCUT2D eigenvalue weighted by Gasteiger charge is 2.34. The lowest BCUT2D eigenvalue weighted by Gasteiger charge is -2.35. The quantitative estimate of drug-likeness (QED) is 0.352. The molecule has 1 N–H and O–H groups in total. The van der Waals surface area contributed by atoms with Crippen LogP contribution < -0.4 is 9.62 Å². The number of hydrogen-bond acceptors (Lipinski definition) is 4. The maximum Gasteiger partial charge on any atom is 0.244 e. The number of benzene rings is 3. The third-order valence-electron chi connectivity index (χ3n) is 6.56. The van der Waals surface area contributed by atoms with E-state index in [0.717, 1.165) is 32.8 Å². The average Bonchev–Trinajstić information content (AvgIpc) is 2.86. The smallest absolute Gasteiger partial charge is 0.244 e. The lowest BCUT2D eigenvalue weighted by molar-refractivity contribution is -0.140. The van der Waals surface area contributed by atoms with Gasteiger partial charge in [-0.3, -0.25) is 13.9 Å². The van der Waals surface area contributed by atoms with Crippen molar-refractivity contribution in [2.24, 2.45) is 0 Å². The van der Waals surface area contributed by atoms with Gasteiger partial charge in [0.1, 0.15) is 12.6 Å². The van der Waals surface area contributed by atoms with E-state index in [9.17, 15) is 18.0 Å². The van der Waals surface area contributed by atoms with Crippen molar-refractivity contribution in [3.63, 3.8) is 0 Å². The summed E-state index contributed by atoms with van der Waals surface area (Å²) in [5.41, 5.74) is 3.19. The molecule has 1 atom stereocenters. The Hall–Kier alpha value is -3.36. The molecule has 0 aliphatic heterocycles. The molecule has 0 aromatic heterocycles. The summed E-state index contributed by atoms with van der Waals surface area (Å²) in [5, 5.41) is 3.56. The SMILES string of the molecule is Cc1cccc(N(CC(=O)N(Cc2ccc(Cl)cc2)[C@H](Cc2ccccc2)C(=O)NC(C)(C)C)S(C)(=O)=O)c1C. The van der Waals surface area contributed by atoms with Gasteiger partial charge in [0.05, 0.1) is 11.9 Å². The van der Waals surface area contributed by atoms with Gasteiger partial charge in [-0.2, -0.15) is 0 Å². The zero-order valence-corrected chi connectivity index (χ0v) is 25.5. The first-order chi connectivity index (χ1) is 18.7. The molecule has 0 saturated heterocycles. The summed E-state index contributed by atoms with van der Waals surface area (Å²) in [4.78, 5) is 29.4. The van der Waals surface area contributed by atoms with Crippen molar-refractivity contribution in [1.82, 2.24) is 10.2 Å². The van der Waals surface area contributed by atoms with Crippen LogP contribution in [0.5, 0.6) is 0 Å². The van der Waals surface area contributed by atoms with Gasteiger partial charge in [0.2, 0.25) is 21.8 Å². The molecular weight excluding hydrogens is 546 g/mol. The summed E-state index contributed by atoms with van der Waals surface area (Å²) in [6.45, 7) is 8.99. The van der Waals surface area contributed by atoms with Gasteiger partial charge in [-0.15, -0.1) is 0 Å². The maximum atomic E-state index is 14.2. The van der Waals surface area contributed by atoms with Crippen molar-refractivity contribution in [3.05, 3.63) is 100 Å². The second-order valence-electron chi connectivity index (χ2n) is 11.1. The first kappa shape index (κ1) is 31.2. The summed E-state index contributed by atoms with van der Waals surface area (Å²) in [7, 11) is -3.83. The van der Waals surface area contributed by atoms with Crippen LogP contribution in [0, 0.1) is 13.8 Å². The topological polar surface area (TPSA) is 86.8 Å². The van der Waals surface area contributed by atoms with Crippen molar-refractivity contribution in [2.75, 3.05) is 17.1 Å². The number of hydrogen-bond donors (Lipinski definition) is 1. The van der Waals surface area contributed by atoms with Crippen molar-refractivity contribution >= 4 is 39.1 Å². The summed E-state index contributed by atoms with van der Waals surface area (Å²) in [5.74, 6) is -0.817. The molecule has 3 aromatic rings. The van der Waals surface area contributed by atoms with Gasteiger partial charge in [-0.25, -0.2) is 8.42 Å². The van der Waals surface area contributed by atoms with Gasteiger partial charge in [0.25, 0.3) is 0 Å². The zero-order valence-electron chi connectivity index (χ0n) is 23.9. The number of anilines is 1. The zero-order chi connectivity index (χ0) is 29.7. The van der Waals surface area contributed by atoms with E-state index in [-0.39, 0.29) is 18.9 Å². The Labute approximate surface area is 243 Å². The Bertz CT molecular complexity index is 1440. The third-order valence-corrected chi connectivity index (χ3v) is 7.94. The van der Waals surface area contributed by atoms with Gasteiger partial charge >= 0.3 is 0 Å². The first-order valence-corrected chi connectivity index (χ1v) is 15.3. The normalized spacial score (nSPS) is 12.5. The van der Waals surface area contributed by atoms with Crippen molar-refractivity contribution in [2.45, 2.75) is 59.2 Å². The predicted molar refractivity (Wildman–Crippen MR) is 162 cm³/mol. The largest absolute Gasteiger partial charge is 0.350 e. The summed E-state index contributed by atoms with van der Waals surface area (Å²) < 4.78 is 27.1. The van der Waals surface area contributed by atoms with E-state index in [2.05, 4.69) is 5.32 Å². The molecule has 0 aliphatic carbocycles. The fourth-order valence-corrected chi connectivity index (χ4v) is 5.42. The van der Waals surface area contributed by atoms with E-state index in [1.54, 1.807) is 36.4 Å². The molecule has 9 heteroatoms. The first-order valence-electron chi connectivity index (χ1n) is 13.1. The number of aryl methyl sites for hydroxylation is 1. The second kappa shape index (κ2) is 12.9. The highest BCUT2D eigenvalue weighted by Crippen LogP contribution is 2.26. The van der Waals surface area contributed by atoms with Crippen LogP contribution in [0.15, 0.2) is 72.8 Å². The Morgan fingerprint density at radius 3 is 2.10 bits per heavy atom. The van der Waals surface area contributed by atoms with E-state index in [1.165, 1.54) is 4.90 Å². The van der Waals surface area contributed by atoms with E-state index >= 15 is 0 Å². The fourth-order valence-electron chi connectivity index (χ4n) is 4.39. The molecule has 0 spiro atoms. The molecule has 0 aliphatic rings. The van der Waals surface area contributed by atoms with E-state index in [4.69, 9.17) is 11.6 Å². The van der Waals surface area contributed by atoms with Crippen LogP contribution in [-0.2, 0) is 32.6 Å². The fraction of sp³-hybridized carbons (Fsp3) is 0.355. The lowest BCUT2D eigenvalue weighted by atomic mass is 10.0. The third kappa shape index (κ3) is 8.57. The predicted octanol–water partition coefficient (Wildman–Crippen LogP) is 5.28. The molecule has 0 saturated carbocycles. The monoisotopic (exact) mass is 583 g/mol. The van der Waals surface area contributed by atoms with Crippen LogP contribution in [0.25, 0.3) is 0 Å². The molecule has 0 unspecified atom stereocenters. The van der Waals surface area contributed by atoms with Gasteiger partial charge in [0, 0.05) is 23.5 Å². The minimum atomic E-state index is -3.83. The molecule has 0 heterocycles. The number of carbonyl (C=O) groups excluding carboxylic acids is 2. The minimum Gasteiger partial charge on any atom is -0.350 e. The minimum absolute atomic E-state index is 0.0927. The van der Waals surface area contributed by atoms with Gasteiger partial charge in [-0.1, -0.05) is 66.2 Å². The standard InChI is InChI=1S/C31H38ClN3O4S/c1-22-11-10-14-27(23(22)2)35(40(6,38)39)21-29(36)34(20-25-15-17-26(32)18-16-25)28(30(37)33-31(3,4)5)19-24-12-8-7-9-13-24/h7-18,28H,19-21H2,1-6H3,(H,33,37)/t28-/m1/s1. The molecule has 0 bridgehead atoms. The van der Waals surface area contributed by atoms with Crippen LogP contribution in [0.4, 0.5) is 5.69 Å². The van der Waals surface area contributed by atoms with Crippen LogP contribution >= 0.6 is 11.6 Å². The Morgan fingerprint density at radius 1 is 0.900 bits per heavy atom. The average molecular weight is 584 g/mol. The van der Waals surface area contributed by atoms with Crippen molar-refractivity contribution in [1.29, 1.82) is 0 Å². The van der Waals surface area contributed by atoms with E-state index in [0.29, 0.717) is 10.7 Å². The highest BCUT2D eigenvalue weighted by atomic mass is 35.5. The van der Waals surface area contributed by atoms with E-state index < -0.39 is 34.1 Å². The number of nitrogens with zero attached hydrogens (tertiary/aromatic N) is 2. The van der Waals surface area contributed by atoms with Crippen LogP contribution in [-0.4, -0.2) is 49.5 Å². The van der Waals surface area contributed by atoms with Gasteiger partial charge < -0.3 is 10.2 Å². The molecule has 3 aromatic carbocycles. The Kier molecular flexibility index (Phi) is 10.0. The summed E-state index contributed by atoms with van der Waals surface area (Å²) in [6, 6.07) is 20.9. The maximum absolute atomic E-state index is 14.2. The molecule has 40 heavy (non-hydrogen) atoms. The van der Waals surface area contributed by atoms with E-state index in [1.807, 2.05) is 71.0 Å². The number of halogens is 1. The number of amides is 2. The number of sulfonamides is 1. The van der Waals surface area contributed by atoms with Crippen LogP contribution in [0.2, 0.25) is 5.02 Å². The number of nitrogens with one attached hydrogen (secondary N) is 1. The van der Waals surface area contributed by atoms with Crippen LogP contribution in [0.3, 0.4) is 0 Å². The van der Waals surface area contributed by atoms with Crippen molar-refractivity contribution < 1.29 is 18.0 Å². The second-order valence-corrected chi connectivity index (χ2v) is 13.4. The van der Waals surface area contributed by atoms with Crippen molar-refractivity contribution in [3.8, 4) is 0 Å². The van der Waals surface area contributed by atoms with Crippen LogP contribution in [0.1, 0.15) is 43.0 Å². The molecule has 0 radical (unpaired) electrons. The molecule has 7 nitrogen and oxygen atoms in total. The molecule has 214 valence electrons. The van der Waals surface area contributed by atoms with Gasteiger partial charge in [-0.05, 0) is 75.1 Å². The summed E-state index contributed by atoms with van der Waals surface area (Å²) in [6.07, 6.45) is 1.34. The summed E-state index contributed by atoms with van der Waals surface area (Å²) >= 11 is 6.10. The molecule has 3 rings (SSSR count). The van der Waals surface area contributed by atoms with Gasteiger partial charge in [0.15, 0.2) is 0 Å². The number of rotatable bonds is 10. The molecular formula is C31H38ClN3O4S. The lowest BCUT2D eigenvalue weighted by Crippen LogP contribution is -2.56. The highest BCUT2D eigenvalue weighted by molar-refractivity contribution is 7.92.